The fourth-order valence-electron chi connectivity index (χ4n) is 1.91. The molecule has 0 heterocycles. The minimum absolute atomic E-state index is 0.0562. The number of ether oxygens (including phenoxy) is 2. The van der Waals surface area contributed by atoms with Gasteiger partial charge in [-0.3, -0.25) is 0 Å². The molecule has 0 saturated carbocycles. The van der Waals surface area contributed by atoms with E-state index < -0.39 is 18.5 Å². The van der Waals surface area contributed by atoms with Gasteiger partial charge in [-0.25, -0.2) is 4.39 Å². The lowest BCUT2D eigenvalue weighted by atomic mass is 10.0. The molecule has 112 valence electrons. The van der Waals surface area contributed by atoms with Crippen LogP contribution in [0.3, 0.4) is 0 Å². The second kappa shape index (κ2) is 6.49. The molecule has 0 saturated heterocycles. The van der Waals surface area contributed by atoms with Crippen LogP contribution in [0.1, 0.15) is 17.2 Å². The average Bonchev–Trinajstić information content (AvgIpc) is 2.46. The Morgan fingerprint density at radius 3 is 2.38 bits per heavy atom. The smallest absolute Gasteiger partial charge is 0.387 e. The molecule has 0 fully saturated rings. The van der Waals surface area contributed by atoms with Crippen LogP contribution in [0, 0.1) is 5.82 Å². The SMILES string of the molecule is COc1ccc(C(O)c2cccc(OC(F)F)c2)cc1F. The van der Waals surface area contributed by atoms with Crippen LogP contribution in [0.4, 0.5) is 13.2 Å². The normalized spacial score (nSPS) is 12.3. The number of hydrogen-bond acceptors (Lipinski definition) is 3. The molecule has 0 aliphatic rings. The number of benzene rings is 2. The van der Waals surface area contributed by atoms with Crippen molar-refractivity contribution in [2.24, 2.45) is 0 Å². The van der Waals surface area contributed by atoms with E-state index in [9.17, 15) is 18.3 Å². The third-order valence-electron chi connectivity index (χ3n) is 2.89. The topological polar surface area (TPSA) is 38.7 Å². The molecule has 1 atom stereocenters. The van der Waals surface area contributed by atoms with E-state index in [1.54, 1.807) is 0 Å². The molecular formula is C15H13F3O3. The molecule has 21 heavy (non-hydrogen) atoms. The van der Waals surface area contributed by atoms with Crippen molar-refractivity contribution in [1.82, 2.24) is 0 Å². The Morgan fingerprint density at radius 1 is 1.05 bits per heavy atom. The van der Waals surface area contributed by atoms with Crippen LogP contribution in [0.5, 0.6) is 11.5 Å². The van der Waals surface area contributed by atoms with Gasteiger partial charge in [0.05, 0.1) is 7.11 Å². The molecule has 2 aromatic rings. The summed E-state index contributed by atoms with van der Waals surface area (Å²) in [7, 11) is 1.33. The maximum absolute atomic E-state index is 13.6. The van der Waals surface area contributed by atoms with Gasteiger partial charge in [-0.1, -0.05) is 18.2 Å². The van der Waals surface area contributed by atoms with Gasteiger partial charge in [-0.05, 0) is 35.4 Å². The summed E-state index contributed by atoms with van der Waals surface area (Å²) in [5, 5.41) is 10.2. The number of alkyl halides is 2. The fourth-order valence-corrected chi connectivity index (χ4v) is 1.91. The predicted octanol–water partition coefficient (Wildman–Crippen LogP) is 3.52. The summed E-state index contributed by atoms with van der Waals surface area (Å²) in [6.45, 7) is -2.95. The lowest BCUT2D eigenvalue weighted by Crippen LogP contribution is -2.04. The molecular weight excluding hydrogens is 285 g/mol. The monoisotopic (exact) mass is 298 g/mol. The van der Waals surface area contributed by atoms with E-state index in [1.165, 1.54) is 43.5 Å². The highest BCUT2D eigenvalue weighted by molar-refractivity contribution is 5.38. The Morgan fingerprint density at radius 2 is 1.76 bits per heavy atom. The molecule has 3 nitrogen and oxygen atoms in total. The van der Waals surface area contributed by atoms with Crippen LogP contribution in [-0.4, -0.2) is 18.8 Å². The van der Waals surface area contributed by atoms with E-state index in [4.69, 9.17) is 4.74 Å². The van der Waals surface area contributed by atoms with Crippen molar-refractivity contribution in [3.63, 3.8) is 0 Å². The number of aliphatic hydroxyl groups is 1. The zero-order valence-electron chi connectivity index (χ0n) is 11.1. The Hall–Kier alpha value is -2.21. The third kappa shape index (κ3) is 3.66. The Balaban J connectivity index is 2.27. The van der Waals surface area contributed by atoms with E-state index in [2.05, 4.69) is 4.74 Å². The van der Waals surface area contributed by atoms with Crippen LogP contribution in [0.25, 0.3) is 0 Å². The van der Waals surface area contributed by atoms with E-state index in [0.29, 0.717) is 5.56 Å². The molecule has 0 amide bonds. The molecule has 2 rings (SSSR count). The van der Waals surface area contributed by atoms with Crippen molar-refractivity contribution in [2.45, 2.75) is 12.7 Å². The van der Waals surface area contributed by atoms with Crippen LogP contribution in [-0.2, 0) is 0 Å². The summed E-state index contributed by atoms with van der Waals surface area (Å²) in [5.41, 5.74) is 0.597. The molecule has 0 aromatic heterocycles. The first kappa shape index (κ1) is 15.2. The van der Waals surface area contributed by atoms with Crippen LogP contribution in [0.15, 0.2) is 42.5 Å². The lowest BCUT2D eigenvalue weighted by molar-refractivity contribution is -0.0499. The van der Waals surface area contributed by atoms with Gasteiger partial charge in [0.2, 0.25) is 0 Å². The number of methoxy groups -OCH3 is 1. The highest BCUT2D eigenvalue weighted by atomic mass is 19.3. The summed E-state index contributed by atoms with van der Waals surface area (Å²) >= 11 is 0. The number of aliphatic hydroxyl groups excluding tert-OH is 1. The first-order valence-electron chi connectivity index (χ1n) is 6.07. The van der Waals surface area contributed by atoms with Crippen molar-refractivity contribution in [1.29, 1.82) is 0 Å². The highest BCUT2D eigenvalue weighted by Gasteiger charge is 2.15. The molecule has 2 aromatic carbocycles. The van der Waals surface area contributed by atoms with Gasteiger partial charge < -0.3 is 14.6 Å². The van der Waals surface area contributed by atoms with Crippen molar-refractivity contribution in [3.05, 3.63) is 59.4 Å². The van der Waals surface area contributed by atoms with Crippen molar-refractivity contribution in [3.8, 4) is 11.5 Å². The average molecular weight is 298 g/mol. The number of halogens is 3. The molecule has 0 aliphatic heterocycles. The van der Waals surface area contributed by atoms with Gasteiger partial charge in [-0.15, -0.1) is 0 Å². The van der Waals surface area contributed by atoms with Gasteiger partial charge in [0.25, 0.3) is 0 Å². The molecule has 1 unspecified atom stereocenters. The maximum atomic E-state index is 13.6. The molecule has 0 bridgehead atoms. The summed E-state index contributed by atoms with van der Waals surface area (Å²) in [5.74, 6) is -0.634. The van der Waals surface area contributed by atoms with Crippen molar-refractivity contribution >= 4 is 0 Å². The predicted molar refractivity (Wildman–Crippen MR) is 70.1 cm³/mol. The van der Waals surface area contributed by atoms with Gasteiger partial charge >= 0.3 is 6.61 Å². The lowest BCUT2D eigenvalue weighted by Gasteiger charge is -2.14. The minimum Gasteiger partial charge on any atom is -0.494 e. The molecule has 6 heteroatoms. The van der Waals surface area contributed by atoms with Gasteiger partial charge in [0, 0.05) is 0 Å². The van der Waals surface area contributed by atoms with E-state index in [-0.39, 0.29) is 17.1 Å². The number of rotatable bonds is 5. The summed E-state index contributed by atoms with van der Waals surface area (Å²) in [4.78, 5) is 0. The van der Waals surface area contributed by atoms with Gasteiger partial charge in [-0.2, -0.15) is 8.78 Å². The first-order valence-corrected chi connectivity index (χ1v) is 6.07. The van der Waals surface area contributed by atoms with Crippen molar-refractivity contribution in [2.75, 3.05) is 7.11 Å². The van der Waals surface area contributed by atoms with Crippen molar-refractivity contribution < 1.29 is 27.8 Å². The summed E-state index contributed by atoms with van der Waals surface area (Å²) in [6.07, 6.45) is -1.16. The maximum Gasteiger partial charge on any atom is 0.387 e. The molecule has 0 radical (unpaired) electrons. The second-order valence-electron chi connectivity index (χ2n) is 4.25. The van der Waals surface area contributed by atoms with Gasteiger partial charge in [0.1, 0.15) is 11.9 Å². The van der Waals surface area contributed by atoms with Crippen LogP contribution >= 0.6 is 0 Å². The largest absolute Gasteiger partial charge is 0.494 e. The molecule has 1 N–H and O–H groups in total. The van der Waals surface area contributed by atoms with Gasteiger partial charge in [0.15, 0.2) is 11.6 Å². The molecule has 0 spiro atoms. The number of hydrogen-bond donors (Lipinski definition) is 1. The third-order valence-corrected chi connectivity index (χ3v) is 2.89. The highest BCUT2D eigenvalue weighted by Crippen LogP contribution is 2.28. The quantitative estimate of drug-likeness (QED) is 0.918. The summed E-state index contributed by atoms with van der Waals surface area (Å²) < 4.78 is 47.0. The first-order chi connectivity index (χ1) is 10.0. The van der Waals surface area contributed by atoms with Crippen LogP contribution in [0.2, 0.25) is 0 Å². The van der Waals surface area contributed by atoms with E-state index >= 15 is 0 Å². The Bertz CT molecular complexity index is 617. The standard InChI is InChI=1S/C15H13F3O3/c1-20-13-6-5-10(8-12(13)16)14(19)9-3-2-4-11(7-9)21-15(17)18/h2-8,14-15,19H,1H3. The molecule has 0 aliphatic carbocycles. The van der Waals surface area contributed by atoms with E-state index in [1.807, 2.05) is 0 Å². The summed E-state index contributed by atoms with van der Waals surface area (Å²) in [6, 6.07) is 9.63. The zero-order chi connectivity index (χ0) is 15.4. The van der Waals surface area contributed by atoms with Crippen LogP contribution < -0.4 is 9.47 Å². The Labute approximate surface area is 119 Å². The Kier molecular flexibility index (Phi) is 4.70. The second-order valence-corrected chi connectivity index (χ2v) is 4.25. The fraction of sp³-hybridized carbons (Fsp3) is 0.200. The minimum atomic E-state index is -2.95. The van der Waals surface area contributed by atoms with E-state index in [0.717, 1.165) is 6.07 Å². The zero-order valence-corrected chi connectivity index (χ0v) is 11.1.